The van der Waals surface area contributed by atoms with E-state index in [1.165, 1.54) is 19.3 Å². The van der Waals surface area contributed by atoms with Gasteiger partial charge in [-0.3, -0.25) is 0 Å². The molecule has 0 atom stereocenters. The highest BCUT2D eigenvalue weighted by Crippen LogP contribution is 2.18. The molecule has 0 bridgehead atoms. The first kappa shape index (κ1) is 12.7. The van der Waals surface area contributed by atoms with Crippen LogP contribution in [-0.2, 0) is 0 Å². The molecule has 2 rings (SSSR count). The fraction of sp³-hybridized carbons (Fsp3) is 0.923. The summed E-state index contributed by atoms with van der Waals surface area (Å²) >= 11 is 0. The van der Waals surface area contributed by atoms with Crippen molar-refractivity contribution >= 4 is 6.03 Å². The van der Waals surface area contributed by atoms with Gasteiger partial charge in [-0.05, 0) is 19.3 Å². The SMILES string of the molecule is CCCN(C(=O)NC1CCCCC1)C1CNC1. The molecule has 4 nitrogen and oxygen atoms in total. The fourth-order valence-corrected chi connectivity index (χ4v) is 2.69. The van der Waals surface area contributed by atoms with Gasteiger partial charge in [-0.25, -0.2) is 4.79 Å². The smallest absolute Gasteiger partial charge is 0.317 e. The Labute approximate surface area is 104 Å². The van der Waals surface area contributed by atoms with Gasteiger partial charge >= 0.3 is 6.03 Å². The normalized spacial score (nSPS) is 21.9. The first-order chi connectivity index (χ1) is 8.31. The van der Waals surface area contributed by atoms with Crippen molar-refractivity contribution in [1.29, 1.82) is 0 Å². The summed E-state index contributed by atoms with van der Waals surface area (Å²) in [5, 5.41) is 6.45. The van der Waals surface area contributed by atoms with Gasteiger partial charge in [0, 0.05) is 25.7 Å². The predicted octanol–water partition coefficient (Wildman–Crippen LogP) is 1.71. The summed E-state index contributed by atoms with van der Waals surface area (Å²) < 4.78 is 0. The van der Waals surface area contributed by atoms with Crippen LogP contribution in [0.4, 0.5) is 4.79 Å². The Morgan fingerprint density at radius 2 is 2.00 bits per heavy atom. The zero-order valence-electron chi connectivity index (χ0n) is 10.9. The van der Waals surface area contributed by atoms with E-state index >= 15 is 0 Å². The fourth-order valence-electron chi connectivity index (χ4n) is 2.69. The van der Waals surface area contributed by atoms with Gasteiger partial charge in [-0.1, -0.05) is 26.2 Å². The molecule has 0 aromatic rings. The average Bonchev–Trinajstić information content (AvgIpc) is 2.27. The molecular formula is C13H25N3O. The molecule has 0 aromatic heterocycles. The van der Waals surface area contributed by atoms with Crippen LogP contribution < -0.4 is 10.6 Å². The lowest BCUT2D eigenvalue weighted by Crippen LogP contribution is -2.61. The summed E-state index contributed by atoms with van der Waals surface area (Å²) in [5.74, 6) is 0. The Balaban J connectivity index is 1.81. The van der Waals surface area contributed by atoms with Crippen molar-refractivity contribution < 1.29 is 4.79 Å². The highest BCUT2D eigenvalue weighted by molar-refractivity contribution is 5.75. The first-order valence-corrected chi connectivity index (χ1v) is 7.09. The van der Waals surface area contributed by atoms with Crippen LogP contribution in [0.2, 0.25) is 0 Å². The average molecular weight is 239 g/mol. The molecule has 1 saturated heterocycles. The summed E-state index contributed by atoms with van der Waals surface area (Å²) in [7, 11) is 0. The van der Waals surface area contributed by atoms with Crippen molar-refractivity contribution in [2.75, 3.05) is 19.6 Å². The predicted molar refractivity (Wildman–Crippen MR) is 69.1 cm³/mol. The third-order valence-corrected chi connectivity index (χ3v) is 3.86. The lowest BCUT2D eigenvalue weighted by Gasteiger charge is -2.39. The Morgan fingerprint density at radius 1 is 1.29 bits per heavy atom. The van der Waals surface area contributed by atoms with E-state index in [1.807, 2.05) is 4.90 Å². The second kappa shape index (κ2) is 6.24. The van der Waals surface area contributed by atoms with Crippen LogP contribution in [-0.4, -0.2) is 42.6 Å². The van der Waals surface area contributed by atoms with Crippen LogP contribution in [0.5, 0.6) is 0 Å². The summed E-state index contributed by atoms with van der Waals surface area (Å²) in [6.07, 6.45) is 7.23. The second-order valence-corrected chi connectivity index (χ2v) is 5.29. The number of nitrogens with zero attached hydrogens (tertiary/aromatic N) is 1. The molecule has 0 spiro atoms. The van der Waals surface area contributed by atoms with Crippen LogP contribution in [0.3, 0.4) is 0 Å². The van der Waals surface area contributed by atoms with E-state index in [-0.39, 0.29) is 6.03 Å². The molecule has 1 heterocycles. The number of carbonyl (C=O) groups is 1. The standard InChI is InChI=1S/C13H25N3O/c1-2-8-16(12-9-14-10-12)13(17)15-11-6-4-3-5-7-11/h11-12,14H,2-10H2,1H3,(H,15,17). The highest BCUT2D eigenvalue weighted by Gasteiger charge is 2.29. The molecule has 0 radical (unpaired) electrons. The zero-order valence-corrected chi connectivity index (χ0v) is 10.9. The zero-order chi connectivity index (χ0) is 12.1. The van der Waals surface area contributed by atoms with Gasteiger partial charge in [-0.2, -0.15) is 0 Å². The van der Waals surface area contributed by atoms with Crippen LogP contribution in [0, 0.1) is 0 Å². The van der Waals surface area contributed by atoms with Crippen LogP contribution in [0.1, 0.15) is 45.4 Å². The van der Waals surface area contributed by atoms with Crippen molar-refractivity contribution in [3.05, 3.63) is 0 Å². The van der Waals surface area contributed by atoms with Gasteiger partial charge in [0.2, 0.25) is 0 Å². The van der Waals surface area contributed by atoms with Crippen LogP contribution in [0.25, 0.3) is 0 Å². The van der Waals surface area contributed by atoms with Gasteiger partial charge in [0.25, 0.3) is 0 Å². The number of rotatable bonds is 4. The molecular weight excluding hydrogens is 214 g/mol. The quantitative estimate of drug-likeness (QED) is 0.784. The van der Waals surface area contributed by atoms with E-state index in [2.05, 4.69) is 17.6 Å². The molecule has 0 aromatic carbocycles. The maximum atomic E-state index is 12.2. The molecule has 2 N–H and O–H groups in total. The van der Waals surface area contributed by atoms with Gasteiger partial charge in [0.05, 0.1) is 6.04 Å². The number of amides is 2. The Bertz CT molecular complexity index is 247. The highest BCUT2D eigenvalue weighted by atomic mass is 16.2. The largest absolute Gasteiger partial charge is 0.335 e. The molecule has 4 heteroatoms. The van der Waals surface area contributed by atoms with Crippen LogP contribution >= 0.6 is 0 Å². The molecule has 2 fully saturated rings. The minimum Gasteiger partial charge on any atom is -0.335 e. The second-order valence-electron chi connectivity index (χ2n) is 5.29. The van der Waals surface area contributed by atoms with Crippen LogP contribution in [0.15, 0.2) is 0 Å². The minimum atomic E-state index is 0.158. The van der Waals surface area contributed by atoms with E-state index in [1.54, 1.807) is 0 Å². The monoisotopic (exact) mass is 239 g/mol. The first-order valence-electron chi connectivity index (χ1n) is 7.09. The van der Waals surface area contributed by atoms with Crippen molar-refractivity contribution in [3.8, 4) is 0 Å². The van der Waals surface area contributed by atoms with E-state index in [9.17, 15) is 4.79 Å². The van der Waals surface area contributed by atoms with Gasteiger partial charge in [-0.15, -0.1) is 0 Å². The van der Waals surface area contributed by atoms with E-state index < -0.39 is 0 Å². The van der Waals surface area contributed by atoms with Gasteiger partial charge < -0.3 is 15.5 Å². The Morgan fingerprint density at radius 3 is 2.53 bits per heavy atom. The summed E-state index contributed by atoms with van der Waals surface area (Å²) in [5.41, 5.74) is 0. The molecule has 1 saturated carbocycles. The Hall–Kier alpha value is -0.770. The lowest BCUT2D eigenvalue weighted by atomic mass is 9.95. The van der Waals surface area contributed by atoms with E-state index in [0.29, 0.717) is 12.1 Å². The minimum absolute atomic E-state index is 0.158. The summed E-state index contributed by atoms with van der Waals surface area (Å²) in [6.45, 7) is 4.92. The molecule has 1 aliphatic carbocycles. The lowest BCUT2D eigenvalue weighted by molar-refractivity contribution is 0.144. The molecule has 1 aliphatic heterocycles. The maximum absolute atomic E-state index is 12.2. The number of hydrogen-bond acceptors (Lipinski definition) is 2. The number of carbonyl (C=O) groups excluding carboxylic acids is 1. The maximum Gasteiger partial charge on any atom is 0.317 e. The number of urea groups is 1. The molecule has 98 valence electrons. The Kier molecular flexibility index (Phi) is 4.66. The summed E-state index contributed by atoms with van der Waals surface area (Å²) in [4.78, 5) is 14.2. The number of nitrogens with one attached hydrogen (secondary N) is 2. The van der Waals surface area contributed by atoms with Crippen molar-refractivity contribution in [1.82, 2.24) is 15.5 Å². The van der Waals surface area contributed by atoms with E-state index in [4.69, 9.17) is 0 Å². The van der Waals surface area contributed by atoms with Crippen molar-refractivity contribution in [3.63, 3.8) is 0 Å². The molecule has 2 aliphatic rings. The third-order valence-electron chi connectivity index (χ3n) is 3.86. The molecule has 17 heavy (non-hydrogen) atoms. The molecule has 0 unspecified atom stereocenters. The topological polar surface area (TPSA) is 44.4 Å². The van der Waals surface area contributed by atoms with Crippen molar-refractivity contribution in [2.24, 2.45) is 0 Å². The third kappa shape index (κ3) is 3.35. The van der Waals surface area contributed by atoms with E-state index in [0.717, 1.165) is 38.9 Å². The van der Waals surface area contributed by atoms with Gasteiger partial charge in [0.1, 0.15) is 0 Å². The molecule has 2 amide bonds. The summed E-state index contributed by atoms with van der Waals surface area (Å²) in [6, 6.07) is 0.993. The van der Waals surface area contributed by atoms with Crippen molar-refractivity contribution in [2.45, 2.75) is 57.5 Å². The van der Waals surface area contributed by atoms with Gasteiger partial charge in [0.15, 0.2) is 0 Å². The number of hydrogen-bond donors (Lipinski definition) is 2.